The van der Waals surface area contributed by atoms with Gasteiger partial charge in [-0.25, -0.2) is 0 Å². The fourth-order valence-electron chi connectivity index (χ4n) is 0.562. The van der Waals surface area contributed by atoms with E-state index in [2.05, 4.69) is 4.98 Å². The van der Waals surface area contributed by atoms with Gasteiger partial charge < -0.3 is 0 Å². The van der Waals surface area contributed by atoms with Crippen LogP contribution in [0.4, 0.5) is 30.9 Å². The van der Waals surface area contributed by atoms with Crippen LogP contribution in [-0.4, -0.2) is 0 Å². The third-order valence-corrected chi connectivity index (χ3v) is 1.57. The molecule has 2 nitrogen and oxygen atoms in total. The van der Waals surface area contributed by atoms with Crippen molar-refractivity contribution in [2.75, 3.05) is 0 Å². The van der Waals surface area contributed by atoms with E-state index in [0.717, 1.165) is 0 Å². The van der Waals surface area contributed by atoms with E-state index in [1.54, 1.807) is 12.1 Å². The zero-order valence-corrected chi connectivity index (χ0v) is 10.0. The van der Waals surface area contributed by atoms with Crippen LogP contribution in [-0.2, 0) is 0 Å². The van der Waals surface area contributed by atoms with Gasteiger partial charge in [0.25, 0.3) is 0 Å². The normalized spacial score (nSPS) is 14.8. The maximum Gasteiger partial charge on any atom is 0.404 e. The van der Waals surface area contributed by atoms with Gasteiger partial charge in [0, 0.05) is 5.02 Å². The van der Waals surface area contributed by atoms with Crippen LogP contribution in [0, 0.1) is 5.39 Å². The Morgan fingerprint density at radius 2 is 1.41 bits per heavy atom. The van der Waals surface area contributed by atoms with Crippen molar-refractivity contribution in [3.8, 4) is 0 Å². The second kappa shape index (κ2) is 4.16. The third-order valence-electron chi connectivity index (χ3n) is 1.02. The number of hydrogen-bond acceptors (Lipinski definition) is 1. The number of benzene rings is 1. The molecule has 0 heterocycles. The minimum atomic E-state index is -10.7. The van der Waals surface area contributed by atoms with Gasteiger partial charge in [-0.15, -0.1) is 0 Å². The molecule has 0 amide bonds. The Bertz CT molecular complexity index is 453. The third kappa shape index (κ3) is 13.2. The number of hydrogen-bond donors (Lipinski definition) is 0. The van der Waals surface area contributed by atoms with Crippen LogP contribution < -0.4 is 0 Å². The Kier molecular flexibility index (Phi) is 3.97. The second-order valence-corrected chi connectivity index (χ2v) is 5.41. The first-order valence-corrected chi connectivity index (χ1v) is 6.34. The predicted molar refractivity (Wildman–Crippen MR) is 54.8 cm³/mol. The van der Waals surface area contributed by atoms with Crippen LogP contribution in [0.1, 0.15) is 0 Å². The number of diazo groups is 1. The molecule has 0 aliphatic rings. The summed E-state index contributed by atoms with van der Waals surface area (Å²) < 4.78 is 59.2. The largest absolute Gasteiger partial charge is 0.404 e. The molecule has 11 heteroatoms. The van der Waals surface area contributed by atoms with E-state index < -0.39 is 7.81 Å². The van der Waals surface area contributed by atoms with Gasteiger partial charge in [0.1, 0.15) is 5.02 Å². The Balaban J connectivity index is 0.000000325. The fraction of sp³-hybridized carbons (Fsp3) is 0. The molecule has 1 aromatic rings. The quantitative estimate of drug-likeness (QED) is 0.291. The Morgan fingerprint density at radius 1 is 1.00 bits per heavy atom. The Labute approximate surface area is 101 Å². The molecule has 98 valence electrons. The van der Waals surface area contributed by atoms with E-state index in [1.807, 2.05) is 0 Å². The maximum absolute atomic E-state index is 10.7. The molecule has 0 saturated heterocycles. The van der Waals surface area contributed by atoms with Crippen LogP contribution in [0.15, 0.2) is 18.2 Å². The summed E-state index contributed by atoms with van der Waals surface area (Å²) in [7, 11) is -10.7. The zero-order valence-electron chi connectivity index (χ0n) is 7.60. The van der Waals surface area contributed by atoms with Crippen molar-refractivity contribution in [3.63, 3.8) is 0 Å². The summed E-state index contributed by atoms with van der Waals surface area (Å²) in [6.07, 6.45) is 0. The molecule has 0 bridgehead atoms. The van der Waals surface area contributed by atoms with Crippen molar-refractivity contribution < 1.29 is 25.2 Å². The van der Waals surface area contributed by atoms with Gasteiger partial charge in [-0.1, -0.05) is 23.2 Å². The molecular weight excluding hydrogens is 316 g/mol. The topological polar surface area (TPSA) is 28.1 Å². The number of nitrogens with zero attached hydrogens (tertiary/aromatic N) is 2. The number of halogens is 8. The summed E-state index contributed by atoms with van der Waals surface area (Å²) in [6, 6.07) is 4.67. The summed E-state index contributed by atoms with van der Waals surface area (Å²) in [5, 5.41) is 9.20. The van der Waals surface area contributed by atoms with E-state index in [1.165, 1.54) is 6.07 Å². The molecule has 0 spiro atoms. The minimum Gasteiger partial charge on any atom is -0.0840 e. The van der Waals surface area contributed by atoms with E-state index in [0.29, 0.717) is 10.0 Å². The molecule has 0 aromatic heterocycles. The first kappa shape index (κ1) is 16.2. The molecule has 1 rings (SSSR count). The van der Waals surface area contributed by atoms with Crippen LogP contribution in [0.5, 0.6) is 0 Å². The van der Waals surface area contributed by atoms with Crippen LogP contribution >= 0.6 is 31.0 Å². The van der Waals surface area contributed by atoms with Crippen molar-refractivity contribution in [1.82, 2.24) is 0 Å². The maximum atomic E-state index is 9.87. The molecule has 0 aliphatic carbocycles. The van der Waals surface area contributed by atoms with Gasteiger partial charge in [-0.05, 0) is 12.1 Å². The van der Waals surface area contributed by atoms with Gasteiger partial charge in [-0.2, -0.15) is 0 Å². The standard InChI is InChI=1S/C6H3Cl2N2.F6P/c7-4-1-2-5(8)6(3-4)10-9;1-7(2,3,4,5)6/h1-3H;/q+1;-1. The average Bonchev–Trinajstić information content (AvgIpc) is 2.03. The van der Waals surface area contributed by atoms with Crippen molar-refractivity contribution in [1.29, 1.82) is 5.39 Å². The monoisotopic (exact) mass is 318 g/mol. The molecule has 1 aromatic carbocycles. The molecule has 0 atom stereocenters. The molecule has 0 radical (unpaired) electrons. The summed E-state index contributed by atoms with van der Waals surface area (Å²) in [4.78, 5) is 2.91. The number of rotatable bonds is 0. The van der Waals surface area contributed by atoms with Gasteiger partial charge >= 0.3 is 38.7 Å². The molecule has 0 unspecified atom stereocenters. The Morgan fingerprint density at radius 3 is 1.71 bits per heavy atom. The second-order valence-electron chi connectivity index (χ2n) is 2.65. The van der Waals surface area contributed by atoms with Crippen LogP contribution in [0.2, 0.25) is 10.0 Å². The van der Waals surface area contributed by atoms with Gasteiger partial charge in [-0.3, -0.25) is 0 Å². The van der Waals surface area contributed by atoms with Crippen molar-refractivity contribution in [3.05, 3.63) is 33.2 Å². The summed E-state index contributed by atoms with van der Waals surface area (Å²) in [5.74, 6) is 0. The first-order valence-electron chi connectivity index (χ1n) is 3.55. The summed E-state index contributed by atoms with van der Waals surface area (Å²) >= 11 is 11.1. The molecular formula is C6H3Cl2F6N2P. The van der Waals surface area contributed by atoms with Gasteiger partial charge in [0.15, 0.2) is 4.98 Å². The fourth-order valence-corrected chi connectivity index (χ4v) is 0.884. The Hall–Kier alpha value is -0.770. The first-order chi connectivity index (χ1) is 7.19. The van der Waals surface area contributed by atoms with Crippen molar-refractivity contribution in [2.24, 2.45) is 0 Å². The summed E-state index contributed by atoms with van der Waals surface area (Å²) in [6.45, 7) is 0. The van der Waals surface area contributed by atoms with Crippen LogP contribution in [0.3, 0.4) is 0 Å². The van der Waals surface area contributed by atoms with Crippen molar-refractivity contribution >= 4 is 36.7 Å². The van der Waals surface area contributed by atoms with Gasteiger partial charge in [0.05, 0.1) is 6.07 Å². The van der Waals surface area contributed by atoms with E-state index >= 15 is 0 Å². The van der Waals surface area contributed by atoms with Crippen molar-refractivity contribution in [2.45, 2.75) is 0 Å². The average molecular weight is 319 g/mol. The molecule has 0 fully saturated rings. The van der Waals surface area contributed by atoms with E-state index in [4.69, 9.17) is 28.6 Å². The molecule has 17 heavy (non-hydrogen) atoms. The molecule has 0 aliphatic heterocycles. The molecule has 0 saturated carbocycles. The SMILES string of the molecule is F[P-](F)(F)(F)(F)F.N#[N+]c1cc(Cl)ccc1Cl. The van der Waals surface area contributed by atoms with Gasteiger partial charge in [0.2, 0.25) is 5.39 Å². The van der Waals surface area contributed by atoms with Crippen LogP contribution in [0.25, 0.3) is 4.98 Å². The minimum absolute atomic E-state index is 0.286. The van der Waals surface area contributed by atoms with E-state index in [-0.39, 0.29) is 5.69 Å². The smallest absolute Gasteiger partial charge is 0.0840 e. The zero-order chi connectivity index (χ0) is 14.0. The predicted octanol–water partition coefficient (Wildman–Crippen LogP) is 6.86. The molecule has 0 N–H and O–H groups in total. The van der Waals surface area contributed by atoms with E-state index in [9.17, 15) is 25.2 Å². The summed E-state index contributed by atoms with van der Waals surface area (Å²) in [5.41, 5.74) is 0.286.